The Morgan fingerprint density at radius 1 is 1.47 bits per heavy atom. The Morgan fingerprint density at radius 2 is 2.16 bits per heavy atom. The second-order valence-corrected chi connectivity index (χ2v) is 5.93. The number of rotatable bonds is 4. The fraction of sp³-hybridized carbons (Fsp3) is 0.538. The lowest BCUT2D eigenvalue weighted by Crippen LogP contribution is -2.38. The van der Waals surface area contributed by atoms with Crippen LogP contribution in [0.25, 0.3) is 0 Å². The molecule has 6 heteroatoms. The Hall–Kier alpha value is -1.14. The molecule has 19 heavy (non-hydrogen) atoms. The van der Waals surface area contributed by atoms with Crippen LogP contribution in [0.2, 0.25) is 0 Å². The quantitative estimate of drug-likeness (QED) is 0.862. The first-order chi connectivity index (χ1) is 8.81. The second-order valence-electron chi connectivity index (χ2n) is 5.11. The van der Waals surface area contributed by atoms with Crippen molar-refractivity contribution in [2.45, 2.75) is 32.9 Å². The summed E-state index contributed by atoms with van der Waals surface area (Å²) in [5.41, 5.74) is 0.325. The molecule has 0 unspecified atom stereocenters. The smallest absolute Gasteiger partial charge is 0.410 e. The third kappa shape index (κ3) is 6.02. The van der Waals surface area contributed by atoms with Crippen molar-refractivity contribution in [1.29, 1.82) is 0 Å². The van der Waals surface area contributed by atoms with Gasteiger partial charge in [0.05, 0.1) is 13.2 Å². The zero-order valence-corrected chi connectivity index (χ0v) is 13.0. The van der Waals surface area contributed by atoms with Gasteiger partial charge in [-0.05, 0) is 48.3 Å². The molecule has 0 aliphatic carbocycles. The largest absolute Gasteiger partial charge is 0.444 e. The average molecular weight is 331 g/mol. The number of carbonyl (C=O) groups excluding carboxylic acids is 1. The number of pyridine rings is 1. The predicted molar refractivity (Wildman–Crippen MR) is 75.7 cm³/mol. The fourth-order valence-electron chi connectivity index (χ4n) is 1.40. The van der Waals surface area contributed by atoms with Crippen LogP contribution in [0.4, 0.5) is 4.79 Å². The van der Waals surface area contributed by atoms with Gasteiger partial charge in [0, 0.05) is 12.7 Å². The highest BCUT2D eigenvalue weighted by Gasteiger charge is 2.21. The molecule has 0 bridgehead atoms. The van der Waals surface area contributed by atoms with E-state index in [0.717, 1.165) is 10.2 Å². The van der Waals surface area contributed by atoms with Gasteiger partial charge in [0.2, 0.25) is 0 Å². The number of carbonyl (C=O) groups is 1. The molecule has 0 saturated carbocycles. The van der Waals surface area contributed by atoms with Crippen LogP contribution < -0.4 is 0 Å². The van der Waals surface area contributed by atoms with Gasteiger partial charge in [-0.1, -0.05) is 6.07 Å². The van der Waals surface area contributed by atoms with Crippen molar-refractivity contribution < 1.29 is 14.6 Å². The second kappa shape index (κ2) is 6.86. The van der Waals surface area contributed by atoms with Crippen LogP contribution in [0.5, 0.6) is 0 Å². The maximum Gasteiger partial charge on any atom is 0.410 e. The van der Waals surface area contributed by atoms with E-state index in [-0.39, 0.29) is 13.2 Å². The first-order valence-electron chi connectivity index (χ1n) is 6.01. The Labute approximate surface area is 121 Å². The summed E-state index contributed by atoms with van der Waals surface area (Å²) < 4.78 is 6.03. The molecule has 0 fully saturated rings. The molecule has 106 valence electrons. The van der Waals surface area contributed by atoms with Crippen molar-refractivity contribution in [2.24, 2.45) is 0 Å². The maximum absolute atomic E-state index is 12.0. The van der Waals surface area contributed by atoms with Crippen molar-refractivity contribution in [3.05, 3.63) is 28.5 Å². The number of halogens is 1. The van der Waals surface area contributed by atoms with Gasteiger partial charge in [-0.25, -0.2) is 9.78 Å². The summed E-state index contributed by atoms with van der Waals surface area (Å²) >= 11 is 3.25. The molecule has 0 spiro atoms. The lowest BCUT2D eigenvalue weighted by molar-refractivity contribution is 0.0201. The van der Waals surface area contributed by atoms with E-state index in [9.17, 15) is 4.79 Å². The van der Waals surface area contributed by atoms with Gasteiger partial charge in [0.15, 0.2) is 0 Å². The van der Waals surface area contributed by atoms with E-state index in [1.165, 1.54) is 4.90 Å². The molecule has 1 N–H and O–H groups in total. The summed E-state index contributed by atoms with van der Waals surface area (Å²) in [6.45, 7) is 5.90. The Balaban J connectivity index is 2.72. The number of aliphatic hydroxyl groups is 1. The minimum atomic E-state index is -0.553. The van der Waals surface area contributed by atoms with Crippen molar-refractivity contribution in [2.75, 3.05) is 13.2 Å². The van der Waals surface area contributed by atoms with Gasteiger partial charge in [-0.2, -0.15) is 0 Å². The third-order valence-corrected chi connectivity index (χ3v) is 2.65. The zero-order valence-electron chi connectivity index (χ0n) is 11.4. The number of aromatic nitrogens is 1. The minimum absolute atomic E-state index is 0.108. The Kier molecular flexibility index (Phi) is 5.75. The first kappa shape index (κ1) is 15.9. The summed E-state index contributed by atoms with van der Waals surface area (Å²) in [7, 11) is 0. The highest BCUT2D eigenvalue weighted by molar-refractivity contribution is 9.10. The molecule has 0 aliphatic rings. The summed E-state index contributed by atoms with van der Waals surface area (Å²) in [6.07, 6.45) is 1.24. The number of aliphatic hydroxyl groups excluding tert-OH is 1. The predicted octanol–water partition coefficient (Wildman–Crippen LogP) is 2.57. The van der Waals surface area contributed by atoms with Gasteiger partial charge < -0.3 is 14.7 Å². The Bertz CT molecular complexity index is 415. The van der Waals surface area contributed by atoms with Crippen LogP contribution >= 0.6 is 15.9 Å². The molecule has 1 amide bonds. The summed E-state index contributed by atoms with van der Waals surface area (Å²) in [4.78, 5) is 17.5. The molecule has 1 rings (SSSR count). The topological polar surface area (TPSA) is 62.7 Å². The molecule has 1 heterocycles. The molecule has 0 aromatic carbocycles. The van der Waals surface area contributed by atoms with E-state index in [1.807, 2.05) is 32.9 Å². The van der Waals surface area contributed by atoms with E-state index in [1.54, 1.807) is 6.20 Å². The average Bonchev–Trinajstić information content (AvgIpc) is 2.29. The van der Waals surface area contributed by atoms with Crippen LogP contribution in [0.3, 0.4) is 0 Å². The van der Waals surface area contributed by atoms with Gasteiger partial charge in [0.25, 0.3) is 0 Å². The lowest BCUT2D eigenvalue weighted by Gasteiger charge is -2.27. The normalized spacial score (nSPS) is 11.2. The van der Waals surface area contributed by atoms with Crippen LogP contribution in [-0.4, -0.2) is 39.8 Å². The minimum Gasteiger partial charge on any atom is -0.444 e. The number of amides is 1. The van der Waals surface area contributed by atoms with E-state index < -0.39 is 11.7 Å². The maximum atomic E-state index is 12.0. The molecule has 0 radical (unpaired) electrons. The number of hydrogen-bond acceptors (Lipinski definition) is 4. The van der Waals surface area contributed by atoms with Crippen molar-refractivity contribution in [1.82, 2.24) is 9.88 Å². The molecule has 0 atom stereocenters. The van der Waals surface area contributed by atoms with Crippen LogP contribution in [0, 0.1) is 0 Å². The summed E-state index contributed by atoms with van der Waals surface area (Å²) in [6, 6.07) is 3.67. The van der Waals surface area contributed by atoms with E-state index in [0.29, 0.717) is 6.54 Å². The van der Waals surface area contributed by atoms with Gasteiger partial charge in [-0.3, -0.25) is 0 Å². The number of hydrogen-bond donors (Lipinski definition) is 1. The highest BCUT2D eigenvalue weighted by Crippen LogP contribution is 2.13. The standard InChI is InChI=1S/C13H19BrN2O3/c1-13(2,3)19-12(18)16(6-7-17)9-10-4-5-11(14)15-8-10/h4-5,8,17H,6-7,9H2,1-3H3. The van der Waals surface area contributed by atoms with Gasteiger partial charge in [-0.15, -0.1) is 0 Å². The highest BCUT2D eigenvalue weighted by atomic mass is 79.9. The van der Waals surface area contributed by atoms with Crippen LogP contribution in [-0.2, 0) is 11.3 Å². The van der Waals surface area contributed by atoms with Crippen molar-refractivity contribution >= 4 is 22.0 Å². The lowest BCUT2D eigenvalue weighted by atomic mass is 10.2. The fourth-order valence-corrected chi connectivity index (χ4v) is 1.64. The van der Waals surface area contributed by atoms with Crippen LogP contribution in [0.15, 0.2) is 22.9 Å². The molecule has 5 nitrogen and oxygen atoms in total. The number of ether oxygens (including phenoxy) is 1. The summed E-state index contributed by atoms with van der Waals surface area (Å²) in [5.74, 6) is 0. The molecular formula is C13H19BrN2O3. The SMILES string of the molecule is CC(C)(C)OC(=O)N(CCO)Cc1ccc(Br)nc1. The van der Waals surface area contributed by atoms with Gasteiger partial charge in [0.1, 0.15) is 10.2 Å². The first-order valence-corrected chi connectivity index (χ1v) is 6.80. The molecule has 0 saturated heterocycles. The van der Waals surface area contributed by atoms with Gasteiger partial charge >= 0.3 is 6.09 Å². The summed E-state index contributed by atoms with van der Waals surface area (Å²) in [5, 5.41) is 9.03. The molecule has 1 aromatic heterocycles. The van der Waals surface area contributed by atoms with Crippen molar-refractivity contribution in [3.63, 3.8) is 0 Å². The van der Waals surface area contributed by atoms with E-state index in [4.69, 9.17) is 9.84 Å². The monoisotopic (exact) mass is 330 g/mol. The van der Waals surface area contributed by atoms with E-state index >= 15 is 0 Å². The van der Waals surface area contributed by atoms with E-state index in [2.05, 4.69) is 20.9 Å². The number of nitrogens with zero attached hydrogens (tertiary/aromatic N) is 2. The van der Waals surface area contributed by atoms with Crippen molar-refractivity contribution in [3.8, 4) is 0 Å². The molecular weight excluding hydrogens is 312 g/mol. The molecule has 0 aliphatic heterocycles. The van der Waals surface area contributed by atoms with Crippen LogP contribution in [0.1, 0.15) is 26.3 Å². The third-order valence-electron chi connectivity index (χ3n) is 2.18. The Morgan fingerprint density at radius 3 is 2.63 bits per heavy atom. The molecule has 1 aromatic rings. The zero-order chi connectivity index (χ0) is 14.5.